The molecule has 1 unspecified atom stereocenters. The van der Waals surface area contributed by atoms with Crippen LogP contribution >= 0.6 is 39.1 Å². The van der Waals surface area contributed by atoms with Crippen LogP contribution in [0.4, 0.5) is 0 Å². The maximum atomic E-state index is 10.1. The molecule has 0 saturated heterocycles. The predicted octanol–water partition coefficient (Wildman–Crippen LogP) is 5.22. The molecule has 106 valence electrons. The second-order valence-corrected chi connectivity index (χ2v) is 6.74. The first kappa shape index (κ1) is 14.5. The maximum absolute atomic E-state index is 10.1. The van der Waals surface area contributed by atoms with Gasteiger partial charge in [-0.15, -0.1) is 0 Å². The number of hydrogen-bond donors (Lipinski definition) is 1. The number of rotatable bonds is 1. The molecular formula is C15H14BrCl2NO. The van der Waals surface area contributed by atoms with Crippen LogP contribution in [0.15, 0.2) is 22.7 Å². The molecule has 0 saturated carbocycles. The van der Waals surface area contributed by atoms with Gasteiger partial charge in [-0.2, -0.15) is 0 Å². The highest BCUT2D eigenvalue weighted by molar-refractivity contribution is 9.10. The number of benzene rings is 1. The van der Waals surface area contributed by atoms with Crippen LogP contribution in [0.5, 0.6) is 0 Å². The lowest BCUT2D eigenvalue weighted by molar-refractivity contribution is 0.156. The van der Waals surface area contributed by atoms with E-state index in [0.717, 1.165) is 46.4 Å². The molecule has 1 N–H and O–H groups in total. The lowest BCUT2D eigenvalue weighted by Gasteiger charge is -2.21. The topological polar surface area (TPSA) is 25.2 Å². The van der Waals surface area contributed by atoms with Gasteiger partial charge in [0.15, 0.2) is 0 Å². The minimum absolute atomic E-state index is 0.372. The average Bonchev–Trinajstić information content (AvgIpc) is 2.75. The molecule has 20 heavy (non-hydrogen) atoms. The summed E-state index contributed by atoms with van der Waals surface area (Å²) in [5, 5.41) is 11.2. The van der Waals surface area contributed by atoms with Gasteiger partial charge in [0.2, 0.25) is 0 Å². The van der Waals surface area contributed by atoms with Crippen molar-refractivity contribution >= 4 is 39.1 Å². The second-order valence-electron chi connectivity index (χ2n) is 5.13. The Morgan fingerprint density at radius 3 is 2.80 bits per heavy atom. The van der Waals surface area contributed by atoms with Gasteiger partial charge in [-0.05, 0) is 60.3 Å². The van der Waals surface area contributed by atoms with Gasteiger partial charge in [0.1, 0.15) is 0 Å². The molecule has 1 heterocycles. The van der Waals surface area contributed by atoms with Crippen molar-refractivity contribution < 1.29 is 5.11 Å². The summed E-state index contributed by atoms with van der Waals surface area (Å²) in [4.78, 5) is 0. The first-order valence-electron chi connectivity index (χ1n) is 6.53. The summed E-state index contributed by atoms with van der Waals surface area (Å²) in [6.07, 6.45) is 2.39. The number of aliphatic hydroxyl groups excluding tert-OH is 1. The van der Waals surface area contributed by atoms with Crippen molar-refractivity contribution in [3.05, 3.63) is 49.7 Å². The summed E-state index contributed by atoms with van der Waals surface area (Å²) in [6.45, 7) is 2.03. The highest BCUT2D eigenvalue weighted by Gasteiger charge is 2.25. The second kappa shape index (κ2) is 5.38. The summed E-state index contributed by atoms with van der Waals surface area (Å²) in [7, 11) is 0. The molecular weight excluding hydrogens is 361 g/mol. The fourth-order valence-electron chi connectivity index (χ4n) is 2.90. The van der Waals surface area contributed by atoms with Crippen LogP contribution < -0.4 is 0 Å². The number of hydrogen-bond acceptors (Lipinski definition) is 1. The molecule has 0 spiro atoms. The van der Waals surface area contributed by atoms with Crippen LogP contribution in [-0.2, 0) is 6.42 Å². The number of aliphatic hydroxyl groups is 1. The van der Waals surface area contributed by atoms with Crippen LogP contribution in [-0.4, -0.2) is 9.67 Å². The standard InChI is InChI=1S/C15H14BrCl2NO/c1-8-7-9-11(3-2-4-13(9)20)19(8)12-6-5-10(16)14(17)15(12)18/h5-7,13,20H,2-4H2,1H3. The van der Waals surface area contributed by atoms with Gasteiger partial charge >= 0.3 is 0 Å². The lowest BCUT2D eigenvalue weighted by Crippen LogP contribution is -2.11. The van der Waals surface area contributed by atoms with E-state index in [0.29, 0.717) is 10.0 Å². The molecule has 1 aromatic heterocycles. The van der Waals surface area contributed by atoms with E-state index >= 15 is 0 Å². The first-order chi connectivity index (χ1) is 9.50. The number of aromatic nitrogens is 1. The Labute approximate surface area is 136 Å². The average molecular weight is 375 g/mol. The molecule has 0 bridgehead atoms. The third kappa shape index (κ3) is 2.21. The zero-order chi connectivity index (χ0) is 14.4. The molecule has 0 fully saturated rings. The quantitative estimate of drug-likeness (QED) is 0.679. The Hall–Kier alpha value is -0.480. The minimum Gasteiger partial charge on any atom is -0.388 e. The monoisotopic (exact) mass is 373 g/mol. The van der Waals surface area contributed by atoms with Crippen molar-refractivity contribution in [2.45, 2.75) is 32.3 Å². The molecule has 2 aromatic rings. The smallest absolute Gasteiger partial charge is 0.0844 e. The van der Waals surface area contributed by atoms with E-state index < -0.39 is 0 Å². The normalized spacial score (nSPS) is 18.1. The van der Waals surface area contributed by atoms with Crippen molar-refractivity contribution in [2.75, 3.05) is 0 Å². The van der Waals surface area contributed by atoms with Crippen LogP contribution in [0.1, 0.15) is 35.9 Å². The third-order valence-corrected chi connectivity index (χ3v) is 5.59. The lowest BCUT2D eigenvalue weighted by atomic mass is 9.95. The van der Waals surface area contributed by atoms with Crippen LogP contribution in [0.3, 0.4) is 0 Å². The maximum Gasteiger partial charge on any atom is 0.0844 e. The highest BCUT2D eigenvalue weighted by Crippen LogP contribution is 2.39. The molecule has 3 rings (SSSR count). The van der Waals surface area contributed by atoms with Gasteiger partial charge in [-0.25, -0.2) is 0 Å². The Kier molecular flexibility index (Phi) is 3.89. The molecule has 0 amide bonds. The van der Waals surface area contributed by atoms with Crippen LogP contribution in [0.2, 0.25) is 10.0 Å². The van der Waals surface area contributed by atoms with Crippen molar-refractivity contribution in [3.63, 3.8) is 0 Å². The Morgan fingerprint density at radius 2 is 2.05 bits per heavy atom. The van der Waals surface area contributed by atoms with E-state index in [1.165, 1.54) is 0 Å². The van der Waals surface area contributed by atoms with Crippen molar-refractivity contribution in [1.29, 1.82) is 0 Å². The molecule has 1 aromatic carbocycles. The SMILES string of the molecule is Cc1cc2c(n1-c1ccc(Br)c(Cl)c1Cl)CCCC2O. The van der Waals surface area contributed by atoms with Gasteiger partial charge in [-0.3, -0.25) is 0 Å². The van der Waals surface area contributed by atoms with E-state index in [2.05, 4.69) is 20.5 Å². The number of aryl methyl sites for hydroxylation is 1. The van der Waals surface area contributed by atoms with Crippen molar-refractivity contribution in [1.82, 2.24) is 4.57 Å². The molecule has 0 aliphatic heterocycles. The zero-order valence-corrected chi connectivity index (χ0v) is 14.1. The Morgan fingerprint density at radius 1 is 1.30 bits per heavy atom. The third-order valence-electron chi connectivity index (χ3n) is 3.83. The van der Waals surface area contributed by atoms with E-state index in [4.69, 9.17) is 23.2 Å². The molecule has 1 aliphatic carbocycles. The fraction of sp³-hybridized carbons (Fsp3) is 0.333. The van der Waals surface area contributed by atoms with Gasteiger partial charge in [-0.1, -0.05) is 23.2 Å². The fourth-order valence-corrected chi connectivity index (χ4v) is 3.76. The van der Waals surface area contributed by atoms with E-state index in [1.807, 2.05) is 25.1 Å². The number of nitrogens with zero attached hydrogens (tertiary/aromatic N) is 1. The Bertz CT molecular complexity index is 681. The summed E-state index contributed by atoms with van der Waals surface area (Å²) in [5.41, 5.74) is 4.09. The summed E-state index contributed by atoms with van der Waals surface area (Å²) in [5.74, 6) is 0. The molecule has 1 atom stereocenters. The minimum atomic E-state index is -0.372. The van der Waals surface area contributed by atoms with Gasteiger partial charge < -0.3 is 9.67 Å². The van der Waals surface area contributed by atoms with Crippen molar-refractivity contribution in [2.24, 2.45) is 0 Å². The summed E-state index contributed by atoms with van der Waals surface area (Å²) >= 11 is 16.0. The summed E-state index contributed by atoms with van der Waals surface area (Å²) < 4.78 is 2.89. The molecule has 1 aliphatic rings. The first-order valence-corrected chi connectivity index (χ1v) is 8.08. The highest BCUT2D eigenvalue weighted by atomic mass is 79.9. The van der Waals surface area contributed by atoms with Gasteiger partial charge in [0, 0.05) is 21.4 Å². The van der Waals surface area contributed by atoms with E-state index in [9.17, 15) is 5.11 Å². The Balaban J connectivity index is 2.23. The van der Waals surface area contributed by atoms with Gasteiger partial charge in [0.05, 0.1) is 21.8 Å². The number of fused-ring (bicyclic) bond motifs is 1. The largest absolute Gasteiger partial charge is 0.388 e. The zero-order valence-electron chi connectivity index (χ0n) is 11.0. The van der Waals surface area contributed by atoms with E-state index in [1.54, 1.807) is 0 Å². The van der Waals surface area contributed by atoms with E-state index in [-0.39, 0.29) is 6.10 Å². The van der Waals surface area contributed by atoms with Crippen molar-refractivity contribution in [3.8, 4) is 5.69 Å². The summed E-state index contributed by atoms with van der Waals surface area (Å²) in [6, 6.07) is 5.90. The molecule has 2 nitrogen and oxygen atoms in total. The molecule has 5 heteroatoms. The predicted molar refractivity (Wildman–Crippen MR) is 86.1 cm³/mol. The number of halogens is 3. The van der Waals surface area contributed by atoms with Crippen LogP contribution in [0, 0.1) is 6.92 Å². The van der Waals surface area contributed by atoms with Gasteiger partial charge in [0.25, 0.3) is 0 Å². The molecule has 0 radical (unpaired) electrons. The van der Waals surface area contributed by atoms with Crippen LogP contribution in [0.25, 0.3) is 5.69 Å².